The number of urea groups is 1. The number of amides is 2. The minimum absolute atomic E-state index is 0.0645. The highest BCUT2D eigenvalue weighted by atomic mass is 32.2. The molecule has 2 amide bonds. The predicted octanol–water partition coefficient (Wildman–Crippen LogP) is 0.998. The van der Waals surface area contributed by atoms with Crippen LogP contribution in [0.25, 0.3) is 0 Å². The smallest absolute Gasteiger partial charge is 0.318 e. The first kappa shape index (κ1) is 13.9. The molecule has 1 N–H and O–H groups in total. The topological polar surface area (TPSA) is 79.6 Å². The number of hydrogen-bond acceptors (Lipinski definition) is 4. The van der Waals surface area contributed by atoms with Gasteiger partial charge in [-0.2, -0.15) is 0 Å². The van der Waals surface area contributed by atoms with Crippen molar-refractivity contribution in [1.82, 2.24) is 10.2 Å². The zero-order valence-electron chi connectivity index (χ0n) is 10.8. The summed E-state index contributed by atoms with van der Waals surface area (Å²) in [4.78, 5) is 13.6. The van der Waals surface area contributed by atoms with Gasteiger partial charge in [0.25, 0.3) is 0 Å². The van der Waals surface area contributed by atoms with Gasteiger partial charge in [0.2, 0.25) is 0 Å². The van der Waals surface area contributed by atoms with Gasteiger partial charge in [0, 0.05) is 12.6 Å². The Balaban J connectivity index is 1.92. The number of nitrogens with one attached hydrogen (secondary N) is 1. The Morgan fingerprint density at radius 3 is 2.89 bits per heavy atom. The monoisotopic (exact) mass is 286 g/mol. The quantitative estimate of drug-likeness (QED) is 0.895. The third kappa shape index (κ3) is 3.50. The third-order valence-corrected chi connectivity index (χ3v) is 5.00. The molecule has 6 nitrogen and oxygen atoms in total. The van der Waals surface area contributed by atoms with Gasteiger partial charge in [-0.25, -0.2) is 13.2 Å². The summed E-state index contributed by atoms with van der Waals surface area (Å²) >= 11 is 0. The van der Waals surface area contributed by atoms with Crippen LogP contribution in [-0.2, 0) is 16.4 Å². The second-order valence-electron chi connectivity index (χ2n) is 4.58. The fourth-order valence-electron chi connectivity index (χ4n) is 2.27. The van der Waals surface area contributed by atoms with Crippen molar-refractivity contribution in [2.45, 2.75) is 25.9 Å². The van der Waals surface area contributed by atoms with Crippen LogP contribution in [0.5, 0.6) is 0 Å². The van der Waals surface area contributed by atoms with Gasteiger partial charge in [0.15, 0.2) is 9.84 Å². The third-order valence-electron chi connectivity index (χ3n) is 3.24. The number of furan rings is 1. The van der Waals surface area contributed by atoms with Crippen LogP contribution in [0, 0.1) is 0 Å². The van der Waals surface area contributed by atoms with E-state index in [1.807, 2.05) is 6.92 Å². The molecule has 0 bridgehead atoms. The van der Waals surface area contributed by atoms with E-state index in [1.165, 1.54) is 0 Å². The molecule has 0 radical (unpaired) electrons. The summed E-state index contributed by atoms with van der Waals surface area (Å²) in [6.07, 6.45) is 2.06. The van der Waals surface area contributed by atoms with E-state index in [0.717, 1.165) is 0 Å². The van der Waals surface area contributed by atoms with Crippen molar-refractivity contribution in [3.8, 4) is 0 Å². The molecule has 106 valence electrons. The Morgan fingerprint density at radius 1 is 1.58 bits per heavy atom. The van der Waals surface area contributed by atoms with Crippen LogP contribution in [0.3, 0.4) is 0 Å². The summed E-state index contributed by atoms with van der Waals surface area (Å²) in [5.74, 6) is 0.901. The number of carbonyl (C=O) groups is 1. The molecule has 0 saturated carbocycles. The molecule has 2 heterocycles. The van der Waals surface area contributed by atoms with Gasteiger partial charge in [-0.3, -0.25) is 0 Å². The lowest BCUT2D eigenvalue weighted by atomic mass is 10.2. The lowest BCUT2D eigenvalue weighted by molar-refractivity contribution is 0.182. The van der Waals surface area contributed by atoms with Gasteiger partial charge >= 0.3 is 6.03 Å². The van der Waals surface area contributed by atoms with E-state index in [-0.39, 0.29) is 23.6 Å². The van der Waals surface area contributed by atoms with Crippen molar-refractivity contribution >= 4 is 15.9 Å². The number of hydrogen-bond donors (Lipinski definition) is 1. The number of carbonyl (C=O) groups excluding carboxylic acids is 1. The van der Waals surface area contributed by atoms with E-state index in [0.29, 0.717) is 25.3 Å². The zero-order valence-corrected chi connectivity index (χ0v) is 11.6. The molecule has 0 spiro atoms. The lowest BCUT2D eigenvalue weighted by Crippen LogP contribution is -2.46. The first-order valence-corrected chi connectivity index (χ1v) is 8.11. The Bertz CT molecular complexity index is 524. The molecular formula is C12H18N2O4S. The van der Waals surface area contributed by atoms with E-state index in [9.17, 15) is 13.2 Å². The van der Waals surface area contributed by atoms with Gasteiger partial charge in [-0.05, 0) is 25.5 Å². The largest absolute Gasteiger partial charge is 0.467 e. The van der Waals surface area contributed by atoms with Crippen LogP contribution >= 0.6 is 0 Å². The van der Waals surface area contributed by atoms with Crippen LogP contribution in [0.2, 0.25) is 0 Å². The second-order valence-corrected chi connectivity index (χ2v) is 6.81. The highest BCUT2D eigenvalue weighted by molar-refractivity contribution is 7.91. The molecule has 1 aromatic heterocycles. The lowest BCUT2D eigenvalue weighted by Gasteiger charge is -2.26. The second kappa shape index (κ2) is 5.64. The van der Waals surface area contributed by atoms with Gasteiger partial charge < -0.3 is 14.6 Å². The summed E-state index contributed by atoms with van der Waals surface area (Å²) in [7, 11) is -2.98. The molecule has 1 aliphatic heterocycles. The molecular weight excluding hydrogens is 268 g/mol. The first-order valence-electron chi connectivity index (χ1n) is 6.29. The highest BCUT2D eigenvalue weighted by Gasteiger charge is 2.33. The van der Waals surface area contributed by atoms with E-state index in [2.05, 4.69) is 5.32 Å². The molecule has 1 aromatic rings. The SMILES string of the molecule is CCN(C(=O)NCc1ccco1)C1CCS(=O)(=O)C1. The number of rotatable bonds is 4. The van der Waals surface area contributed by atoms with E-state index in [1.54, 1.807) is 23.3 Å². The van der Waals surface area contributed by atoms with Gasteiger partial charge in [-0.1, -0.05) is 0 Å². The Labute approximate surface area is 112 Å². The molecule has 1 atom stereocenters. The minimum atomic E-state index is -2.98. The fourth-order valence-corrected chi connectivity index (χ4v) is 4.00. The van der Waals surface area contributed by atoms with Crippen molar-refractivity contribution in [3.05, 3.63) is 24.2 Å². The average molecular weight is 286 g/mol. The van der Waals surface area contributed by atoms with Crippen LogP contribution < -0.4 is 5.32 Å². The van der Waals surface area contributed by atoms with Crippen LogP contribution in [0.15, 0.2) is 22.8 Å². The van der Waals surface area contributed by atoms with E-state index in [4.69, 9.17) is 4.42 Å². The summed E-state index contributed by atoms with van der Waals surface area (Å²) in [6, 6.07) is 3.06. The van der Waals surface area contributed by atoms with Crippen molar-refractivity contribution in [1.29, 1.82) is 0 Å². The summed E-state index contributed by atoms with van der Waals surface area (Å²) in [5, 5.41) is 2.74. The standard InChI is InChI=1S/C12H18N2O4S/c1-2-14(10-5-7-19(16,17)9-10)12(15)13-8-11-4-3-6-18-11/h3-4,6,10H,2,5,7-9H2,1H3,(H,13,15). The van der Waals surface area contributed by atoms with Crippen LogP contribution in [0.1, 0.15) is 19.1 Å². The van der Waals surface area contributed by atoms with Gasteiger partial charge in [-0.15, -0.1) is 0 Å². The predicted molar refractivity (Wildman–Crippen MR) is 70.4 cm³/mol. The summed E-state index contributed by atoms with van der Waals surface area (Å²) in [5.41, 5.74) is 0. The molecule has 19 heavy (non-hydrogen) atoms. The zero-order chi connectivity index (χ0) is 13.9. The molecule has 1 saturated heterocycles. The maximum absolute atomic E-state index is 12.0. The number of nitrogens with zero attached hydrogens (tertiary/aromatic N) is 1. The Morgan fingerprint density at radius 2 is 2.37 bits per heavy atom. The molecule has 1 unspecified atom stereocenters. The molecule has 1 aliphatic rings. The maximum Gasteiger partial charge on any atom is 0.318 e. The van der Waals surface area contributed by atoms with Gasteiger partial charge in [0.1, 0.15) is 5.76 Å². The molecule has 7 heteroatoms. The molecule has 2 rings (SSSR count). The normalized spacial score (nSPS) is 21.2. The summed E-state index contributed by atoms with van der Waals surface area (Å²) < 4.78 is 28.0. The molecule has 1 fully saturated rings. The van der Waals surface area contributed by atoms with Crippen molar-refractivity contribution in [2.24, 2.45) is 0 Å². The Hall–Kier alpha value is -1.50. The number of sulfone groups is 1. The van der Waals surface area contributed by atoms with Gasteiger partial charge in [0.05, 0.1) is 24.3 Å². The van der Waals surface area contributed by atoms with Crippen LogP contribution in [-0.4, -0.2) is 43.4 Å². The average Bonchev–Trinajstić information content (AvgIpc) is 2.97. The van der Waals surface area contributed by atoms with E-state index >= 15 is 0 Å². The Kier molecular flexibility index (Phi) is 4.14. The minimum Gasteiger partial charge on any atom is -0.467 e. The fraction of sp³-hybridized carbons (Fsp3) is 0.583. The molecule has 0 aliphatic carbocycles. The van der Waals surface area contributed by atoms with Crippen molar-refractivity contribution in [2.75, 3.05) is 18.1 Å². The van der Waals surface area contributed by atoms with E-state index < -0.39 is 9.84 Å². The first-order chi connectivity index (χ1) is 9.02. The molecule has 0 aromatic carbocycles. The maximum atomic E-state index is 12.0. The summed E-state index contributed by atoms with van der Waals surface area (Å²) in [6.45, 7) is 2.64. The van der Waals surface area contributed by atoms with Crippen molar-refractivity contribution < 1.29 is 17.6 Å². The van der Waals surface area contributed by atoms with Crippen LogP contribution in [0.4, 0.5) is 4.79 Å². The van der Waals surface area contributed by atoms with Crippen molar-refractivity contribution in [3.63, 3.8) is 0 Å². The highest BCUT2D eigenvalue weighted by Crippen LogP contribution is 2.17.